The largest absolute Gasteiger partial charge is 0.480 e. The number of hydrogen-bond acceptors (Lipinski definition) is 4. The quantitative estimate of drug-likeness (QED) is 0.466. The molecular formula is C11H22N2O4. The highest BCUT2D eigenvalue weighted by molar-refractivity contribution is 5.82. The van der Waals surface area contributed by atoms with Gasteiger partial charge < -0.3 is 20.8 Å². The summed E-state index contributed by atoms with van der Waals surface area (Å²) in [6.45, 7) is 5.46. The Morgan fingerprint density at radius 1 is 1.29 bits per heavy atom. The van der Waals surface area contributed by atoms with E-state index < -0.39 is 12.0 Å². The molecule has 0 saturated heterocycles. The average molecular weight is 246 g/mol. The molecule has 0 aliphatic carbocycles. The molecular weight excluding hydrogens is 224 g/mol. The summed E-state index contributed by atoms with van der Waals surface area (Å²) in [7, 11) is 0. The summed E-state index contributed by atoms with van der Waals surface area (Å²) in [4.78, 5) is 21.7. The minimum Gasteiger partial charge on any atom is -0.480 e. The van der Waals surface area contributed by atoms with E-state index in [0.29, 0.717) is 6.42 Å². The Hall–Kier alpha value is -1.14. The third kappa shape index (κ3) is 6.91. The number of carbonyl (C=O) groups is 2. The molecule has 4 N–H and O–H groups in total. The molecule has 0 aliphatic heterocycles. The Balaban J connectivity index is 4.26. The van der Waals surface area contributed by atoms with Crippen molar-refractivity contribution in [2.24, 2.45) is 5.92 Å². The van der Waals surface area contributed by atoms with Crippen molar-refractivity contribution in [3.8, 4) is 0 Å². The van der Waals surface area contributed by atoms with Crippen LogP contribution in [0.15, 0.2) is 0 Å². The van der Waals surface area contributed by atoms with Crippen molar-refractivity contribution in [3.63, 3.8) is 0 Å². The SMILES string of the molecule is CC(=O)NC(CNC(CCO)C(C)C)C(=O)O. The second-order valence-electron chi connectivity index (χ2n) is 4.36. The monoisotopic (exact) mass is 246 g/mol. The molecule has 0 heterocycles. The van der Waals surface area contributed by atoms with Crippen LogP contribution in [-0.2, 0) is 9.59 Å². The van der Waals surface area contributed by atoms with Gasteiger partial charge in [0.05, 0.1) is 0 Å². The lowest BCUT2D eigenvalue weighted by molar-refractivity contribution is -0.141. The lowest BCUT2D eigenvalue weighted by Gasteiger charge is -2.24. The molecule has 0 aromatic rings. The Labute approximate surface area is 101 Å². The molecule has 100 valence electrons. The van der Waals surface area contributed by atoms with Crippen LogP contribution < -0.4 is 10.6 Å². The topological polar surface area (TPSA) is 98.7 Å². The Morgan fingerprint density at radius 3 is 2.24 bits per heavy atom. The fourth-order valence-electron chi connectivity index (χ4n) is 1.52. The van der Waals surface area contributed by atoms with Gasteiger partial charge in [-0.15, -0.1) is 0 Å². The number of hydrogen-bond donors (Lipinski definition) is 4. The summed E-state index contributed by atoms with van der Waals surface area (Å²) in [5.41, 5.74) is 0. The van der Waals surface area contributed by atoms with Crippen LogP contribution in [0, 0.1) is 5.92 Å². The summed E-state index contributed by atoms with van der Waals surface area (Å²) >= 11 is 0. The minimum absolute atomic E-state index is 0.0376. The second-order valence-corrected chi connectivity index (χ2v) is 4.36. The first-order valence-electron chi connectivity index (χ1n) is 5.72. The molecule has 0 radical (unpaired) electrons. The van der Waals surface area contributed by atoms with Gasteiger partial charge in [-0.3, -0.25) is 4.79 Å². The third-order valence-corrected chi connectivity index (χ3v) is 2.50. The van der Waals surface area contributed by atoms with Gasteiger partial charge >= 0.3 is 5.97 Å². The molecule has 0 fully saturated rings. The maximum absolute atomic E-state index is 10.9. The van der Waals surface area contributed by atoms with E-state index >= 15 is 0 Å². The number of carbonyl (C=O) groups excluding carboxylic acids is 1. The molecule has 0 aromatic heterocycles. The number of rotatable bonds is 8. The van der Waals surface area contributed by atoms with Gasteiger partial charge in [0.25, 0.3) is 0 Å². The summed E-state index contributed by atoms with van der Waals surface area (Å²) < 4.78 is 0. The molecule has 0 aromatic carbocycles. The van der Waals surface area contributed by atoms with E-state index in [9.17, 15) is 9.59 Å². The standard InChI is InChI=1S/C11H22N2O4/c1-7(2)9(4-5-14)12-6-10(11(16)17)13-8(3)15/h7,9-10,12,14H,4-6H2,1-3H3,(H,13,15)(H,16,17). The number of amides is 1. The van der Waals surface area contributed by atoms with Crippen molar-refractivity contribution in [1.29, 1.82) is 0 Å². The van der Waals surface area contributed by atoms with Crippen molar-refractivity contribution in [1.82, 2.24) is 10.6 Å². The van der Waals surface area contributed by atoms with Gasteiger partial charge in [0.1, 0.15) is 6.04 Å². The Bertz CT molecular complexity index is 256. The van der Waals surface area contributed by atoms with Gasteiger partial charge in [-0.1, -0.05) is 13.8 Å². The van der Waals surface area contributed by atoms with Crippen molar-refractivity contribution in [2.75, 3.05) is 13.2 Å². The van der Waals surface area contributed by atoms with Crippen LogP contribution in [0.25, 0.3) is 0 Å². The predicted octanol–water partition coefficient (Wildman–Crippen LogP) is -0.428. The number of aliphatic carboxylic acids is 1. The smallest absolute Gasteiger partial charge is 0.327 e. The molecule has 0 rings (SSSR count). The summed E-state index contributed by atoms with van der Waals surface area (Å²) in [5, 5.41) is 23.2. The van der Waals surface area contributed by atoms with Crippen molar-refractivity contribution < 1.29 is 19.8 Å². The van der Waals surface area contributed by atoms with Gasteiger partial charge in [-0.2, -0.15) is 0 Å². The van der Waals surface area contributed by atoms with Crippen LogP contribution in [-0.4, -0.2) is 47.3 Å². The molecule has 6 heteroatoms. The fourth-order valence-corrected chi connectivity index (χ4v) is 1.52. The van der Waals surface area contributed by atoms with Crippen molar-refractivity contribution in [2.45, 2.75) is 39.3 Å². The maximum atomic E-state index is 10.9. The number of aliphatic hydroxyl groups excluding tert-OH is 1. The molecule has 0 spiro atoms. The number of carboxylic acids is 1. The molecule has 17 heavy (non-hydrogen) atoms. The maximum Gasteiger partial charge on any atom is 0.327 e. The highest BCUT2D eigenvalue weighted by Gasteiger charge is 2.20. The highest BCUT2D eigenvalue weighted by Crippen LogP contribution is 2.05. The van der Waals surface area contributed by atoms with Gasteiger partial charge in [0, 0.05) is 26.1 Å². The Kier molecular flexibility index (Phi) is 7.49. The van der Waals surface area contributed by atoms with Gasteiger partial charge in [-0.25, -0.2) is 4.79 Å². The molecule has 2 unspecified atom stereocenters. The summed E-state index contributed by atoms with van der Waals surface area (Å²) in [5.74, 6) is -1.16. The molecule has 0 bridgehead atoms. The van der Waals surface area contributed by atoms with Crippen LogP contribution in [0.3, 0.4) is 0 Å². The van der Waals surface area contributed by atoms with Crippen LogP contribution in [0.4, 0.5) is 0 Å². The molecule has 2 atom stereocenters. The van der Waals surface area contributed by atoms with E-state index in [1.165, 1.54) is 6.92 Å². The zero-order valence-corrected chi connectivity index (χ0v) is 10.6. The first kappa shape index (κ1) is 15.9. The number of carboxylic acid groups (broad SMARTS) is 1. The summed E-state index contributed by atoms with van der Waals surface area (Å²) in [6, 6.07) is -0.900. The first-order valence-corrected chi connectivity index (χ1v) is 5.72. The zero-order chi connectivity index (χ0) is 13.4. The molecule has 0 saturated carbocycles. The number of aliphatic hydroxyl groups is 1. The lowest BCUT2D eigenvalue weighted by atomic mass is 10.0. The summed E-state index contributed by atoms with van der Waals surface area (Å²) in [6.07, 6.45) is 0.560. The first-order chi connectivity index (χ1) is 7.88. The zero-order valence-electron chi connectivity index (χ0n) is 10.6. The molecule has 0 aliphatic rings. The normalized spacial score (nSPS) is 14.4. The van der Waals surface area contributed by atoms with E-state index in [0.717, 1.165) is 0 Å². The average Bonchev–Trinajstić information content (AvgIpc) is 2.20. The van der Waals surface area contributed by atoms with Gasteiger partial charge in [0.2, 0.25) is 5.91 Å². The van der Waals surface area contributed by atoms with E-state index in [-0.39, 0.29) is 31.0 Å². The van der Waals surface area contributed by atoms with Gasteiger partial charge in [-0.05, 0) is 12.3 Å². The van der Waals surface area contributed by atoms with E-state index in [2.05, 4.69) is 10.6 Å². The lowest BCUT2D eigenvalue weighted by Crippen LogP contribution is -2.49. The van der Waals surface area contributed by atoms with Crippen LogP contribution in [0.2, 0.25) is 0 Å². The number of nitrogens with one attached hydrogen (secondary N) is 2. The van der Waals surface area contributed by atoms with Crippen LogP contribution >= 0.6 is 0 Å². The Morgan fingerprint density at radius 2 is 1.88 bits per heavy atom. The van der Waals surface area contributed by atoms with Crippen LogP contribution in [0.5, 0.6) is 0 Å². The third-order valence-electron chi connectivity index (χ3n) is 2.50. The van der Waals surface area contributed by atoms with Crippen LogP contribution in [0.1, 0.15) is 27.2 Å². The minimum atomic E-state index is -1.07. The van der Waals surface area contributed by atoms with E-state index in [1.54, 1.807) is 0 Å². The van der Waals surface area contributed by atoms with Crippen molar-refractivity contribution >= 4 is 11.9 Å². The molecule has 6 nitrogen and oxygen atoms in total. The highest BCUT2D eigenvalue weighted by atomic mass is 16.4. The van der Waals surface area contributed by atoms with E-state index in [1.807, 2.05) is 13.8 Å². The van der Waals surface area contributed by atoms with Crippen molar-refractivity contribution in [3.05, 3.63) is 0 Å². The molecule has 1 amide bonds. The predicted molar refractivity (Wildman–Crippen MR) is 63.6 cm³/mol. The fraction of sp³-hybridized carbons (Fsp3) is 0.818. The van der Waals surface area contributed by atoms with Gasteiger partial charge in [0.15, 0.2) is 0 Å². The second kappa shape index (κ2) is 8.03. The van der Waals surface area contributed by atoms with E-state index in [4.69, 9.17) is 10.2 Å².